The molecule has 7 N–H and O–H groups in total. The van der Waals surface area contributed by atoms with Gasteiger partial charge in [-0.3, -0.25) is 0 Å². The average molecular weight is 753 g/mol. The van der Waals surface area contributed by atoms with Crippen LogP contribution in [-0.4, -0.2) is 88.2 Å². The van der Waals surface area contributed by atoms with Gasteiger partial charge in [-0.15, -0.1) is 0 Å². The van der Waals surface area contributed by atoms with Crippen LogP contribution >= 0.6 is 0 Å². The van der Waals surface area contributed by atoms with E-state index in [2.05, 4.69) is 39.8 Å². The van der Waals surface area contributed by atoms with Gasteiger partial charge in [-0.25, -0.2) is 0 Å². The zero-order chi connectivity index (χ0) is 40.6. The smallest absolute Gasteiger partial charge is 0.0923 e. The Morgan fingerprint density at radius 1 is 0.604 bits per heavy atom. The molecular formula is C45H84O8. The van der Waals surface area contributed by atoms with E-state index in [1.54, 1.807) is 20.8 Å². The van der Waals surface area contributed by atoms with Crippen LogP contribution < -0.4 is 0 Å². The summed E-state index contributed by atoms with van der Waals surface area (Å²) in [6.07, 6.45) is 21.0. The second kappa shape index (κ2) is 22.6. The van der Waals surface area contributed by atoms with Crippen LogP contribution in [0.1, 0.15) is 198 Å². The second-order valence-corrected chi connectivity index (χ2v) is 19.0. The van der Waals surface area contributed by atoms with Crippen molar-refractivity contribution >= 4 is 0 Å². The first-order chi connectivity index (χ1) is 24.3. The Labute approximate surface area is 324 Å². The number of hydrogen-bond donors (Lipinski definition) is 7. The summed E-state index contributed by atoms with van der Waals surface area (Å²) in [5.74, 6) is 0. The third-order valence-electron chi connectivity index (χ3n) is 11.8. The Morgan fingerprint density at radius 2 is 1.02 bits per heavy atom. The van der Waals surface area contributed by atoms with E-state index < -0.39 is 34.1 Å². The summed E-state index contributed by atoms with van der Waals surface area (Å²) >= 11 is 0. The van der Waals surface area contributed by atoms with Crippen molar-refractivity contribution in [2.75, 3.05) is 6.61 Å². The van der Waals surface area contributed by atoms with Gasteiger partial charge in [0.05, 0.1) is 52.4 Å². The van der Waals surface area contributed by atoms with Crippen LogP contribution in [0.25, 0.3) is 0 Å². The van der Waals surface area contributed by atoms with Crippen LogP contribution in [0.15, 0.2) is 34.9 Å². The molecule has 1 aliphatic rings. The second-order valence-electron chi connectivity index (χ2n) is 19.0. The third-order valence-corrected chi connectivity index (χ3v) is 11.8. The highest BCUT2D eigenvalue weighted by atomic mass is 16.6. The molecule has 0 radical (unpaired) electrons. The van der Waals surface area contributed by atoms with Crippen molar-refractivity contribution in [2.24, 2.45) is 0 Å². The summed E-state index contributed by atoms with van der Waals surface area (Å²) < 4.78 is 6.00. The van der Waals surface area contributed by atoms with Crippen molar-refractivity contribution in [1.82, 2.24) is 0 Å². The molecule has 1 saturated heterocycles. The maximum atomic E-state index is 11.0. The molecule has 8 heteroatoms. The molecule has 1 heterocycles. The number of ether oxygens (including phenoxy) is 1. The molecule has 312 valence electrons. The lowest BCUT2D eigenvalue weighted by molar-refractivity contribution is -0.0649. The number of aliphatic hydroxyl groups excluding tert-OH is 2. The van der Waals surface area contributed by atoms with Crippen molar-refractivity contribution < 1.29 is 40.5 Å². The summed E-state index contributed by atoms with van der Waals surface area (Å²) in [5.41, 5.74) is -0.677. The van der Waals surface area contributed by atoms with Gasteiger partial charge in [0.15, 0.2) is 0 Å². The van der Waals surface area contributed by atoms with Gasteiger partial charge in [0.25, 0.3) is 0 Å². The summed E-state index contributed by atoms with van der Waals surface area (Å²) in [5, 5.41) is 72.7. The molecular weight excluding hydrogens is 668 g/mol. The highest BCUT2D eigenvalue weighted by Gasteiger charge is 2.50. The fourth-order valence-electron chi connectivity index (χ4n) is 7.45. The first-order valence-electron chi connectivity index (χ1n) is 20.9. The number of allylic oxidation sites excluding steroid dienone is 5. The predicted molar refractivity (Wildman–Crippen MR) is 219 cm³/mol. The van der Waals surface area contributed by atoms with Gasteiger partial charge in [0.1, 0.15) is 0 Å². The normalized spacial score (nSPS) is 23.9. The molecule has 7 atom stereocenters. The van der Waals surface area contributed by atoms with Crippen LogP contribution in [0, 0.1) is 0 Å². The molecule has 1 fully saturated rings. The van der Waals surface area contributed by atoms with Gasteiger partial charge in [0, 0.05) is 0 Å². The van der Waals surface area contributed by atoms with E-state index in [1.165, 1.54) is 16.7 Å². The van der Waals surface area contributed by atoms with Crippen molar-refractivity contribution in [3.8, 4) is 0 Å². The number of hydrogen-bond acceptors (Lipinski definition) is 8. The number of rotatable bonds is 30. The lowest BCUT2D eigenvalue weighted by Gasteiger charge is -2.31. The fourth-order valence-corrected chi connectivity index (χ4v) is 7.45. The minimum atomic E-state index is -1.20. The van der Waals surface area contributed by atoms with E-state index in [9.17, 15) is 30.6 Å². The molecule has 0 bridgehead atoms. The van der Waals surface area contributed by atoms with Gasteiger partial charge in [0.2, 0.25) is 0 Å². The lowest BCUT2D eigenvalue weighted by atomic mass is 9.84. The van der Waals surface area contributed by atoms with Crippen molar-refractivity contribution in [3.05, 3.63) is 34.9 Å². The zero-order valence-electron chi connectivity index (χ0n) is 35.8. The first-order valence-corrected chi connectivity index (χ1v) is 20.9. The monoisotopic (exact) mass is 753 g/mol. The van der Waals surface area contributed by atoms with E-state index >= 15 is 0 Å². The number of epoxide rings is 1. The molecule has 0 spiro atoms. The third kappa shape index (κ3) is 23.5. The molecule has 0 aromatic carbocycles. The highest BCUT2D eigenvalue weighted by Crippen LogP contribution is 2.43. The molecule has 0 saturated carbocycles. The van der Waals surface area contributed by atoms with Crippen LogP contribution in [0.4, 0.5) is 0 Å². The molecule has 7 unspecified atom stereocenters. The summed E-state index contributed by atoms with van der Waals surface area (Å²) in [6.45, 7) is 19.2. The van der Waals surface area contributed by atoms with Gasteiger partial charge in [-0.05, 0) is 198 Å². The van der Waals surface area contributed by atoms with Gasteiger partial charge < -0.3 is 40.5 Å². The maximum Gasteiger partial charge on any atom is 0.0923 e. The molecule has 53 heavy (non-hydrogen) atoms. The molecule has 8 nitrogen and oxygen atoms in total. The molecule has 0 aromatic rings. The average Bonchev–Trinajstić information content (AvgIpc) is 3.66. The van der Waals surface area contributed by atoms with Gasteiger partial charge >= 0.3 is 0 Å². The Bertz CT molecular complexity index is 1130. The summed E-state index contributed by atoms with van der Waals surface area (Å²) in [6, 6.07) is 0. The standard InChI is InChI=1S/C45H84O8/c1-35(17-11-18-36(2)20-13-32-45(10)39(53-45)22-21-37(3)24-34-46)19-12-25-41(6,49)26-14-27-42(7,50)28-15-29-43(8,51)30-16-31-44(9,52)33-23-38(47)40(4,5)48/h17,20,24,38-39,46-52H,11-16,18-19,21-23,25-34H2,1-10H3/b35-17+,36-20+,37-24+. The van der Waals surface area contributed by atoms with Gasteiger partial charge in [-0.2, -0.15) is 0 Å². The minimum Gasteiger partial charge on any atom is -0.392 e. The minimum absolute atomic E-state index is 0.00408. The lowest BCUT2D eigenvalue weighted by Crippen LogP contribution is -2.38. The number of aliphatic hydroxyl groups is 7. The highest BCUT2D eigenvalue weighted by molar-refractivity contribution is 5.07. The molecule has 0 aliphatic carbocycles. The van der Waals surface area contributed by atoms with Crippen LogP contribution in [0.5, 0.6) is 0 Å². The summed E-state index contributed by atoms with van der Waals surface area (Å²) in [4.78, 5) is 0. The van der Waals surface area contributed by atoms with E-state index in [0.29, 0.717) is 70.3 Å². The van der Waals surface area contributed by atoms with Crippen LogP contribution in [-0.2, 0) is 4.74 Å². The predicted octanol–water partition coefficient (Wildman–Crippen LogP) is 8.91. The van der Waals surface area contributed by atoms with E-state index in [0.717, 1.165) is 64.2 Å². The molecule has 0 amide bonds. The van der Waals surface area contributed by atoms with Crippen molar-refractivity contribution in [1.29, 1.82) is 0 Å². The quantitative estimate of drug-likeness (QED) is 0.0284. The van der Waals surface area contributed by atoms with E-state index in [-0.39, 0.29) is 12.2 Å². The fraction of sp³-hybridized carbons (Fsp3) is 0.867. The Morgan fingerprint density at radius 3 is 1.49 bits per heavy atom. The van der Waals surface area contributed by atoms with Gasteiger partial charge in [-0.1, -0.05) is 34.9 Å². The van der Waals surface area contributed by atoms with Crippen molar-refractivity contribution in [2.45, 2.75) is 243 Å². The maximum absolute atomic E-state index is 11.0. The largest absolute Gasteiger partial charge is 0.392 e. The summed E-state index contributed by atoms with van der Waals surface area (Å²) in [7, 11) is 0. The Hall–Kier alpha value is -1.10. The van der Waals surface area contributed by atoms with E-state index in [4.69, 9.17) is 9.84 Å². The van der Waals surface area contributed by atoms with Crippen LogP contribution in [0.2, 0.25) is 0 Å². The van der Waals surface area contributed by atoms with E-state index in [1.807, 2.05) is 26.8 Å². The Balaban J connectivity index is 2.26. The Kier molecular flexibility index (Phi) is 21.3. The zero-order valence-corrected chi connectivity index (χ0v) is 35.8. The topological polar surface area (TPSA) is 154 Å². The SMILES string of the molecule is C/C(=C\CCC1(C)OC1CC/C(C)=C/CO)CC/C=C(\C)CCCC(C)(O)CCCC(C)(O)CCCC(C)(O)CCCC(C)(O)CCC(O)C(C)(C)O. The van der Waals surface area contributed by atoms with Crippen LogP contribution in [0.3, 0.4) is 0 Å². The molecule has 1 aliphatic heterocycles. The molecule has 1 rings (SSSR count). The first kappa shape index (κ1) is 49.9. The molecule has 0 aromatic heterocycles. The van der Waals surface area contributed by atoms with Crippen molar-refractivity contribution in [3.63, 3.8) is 0 Å².